The van der Waals surface area contributed by atoms with E-state index in [4.69, 9.17) is 4.74 Å². The maximum Gasteiger partial charge on any atom is 0.123 e. The molecule has 0 amide bonds. The lowest BCUT2D eigenvalue weighted by Crippen LogP contribution is -2.54. The molecule has 4 nitrogen and oxygen atoms in total. The summed E-state index contributed by atoms with van der Waals surface area (Å²) in [5.41, 5.74) is 1.26. The quantitative estimate of drug-likeness (QED) is 0.867. The number of piperazine rings is 1. The Morgan fingerprint density at radius 3 is 2.76 bits per heavy atom. The van der Waals surface area contributed by atoms with Crippen molar-refractivity contribution in [3.63, 3.8) is 0 Å². The van der Waals surface area contributed by atoms with Crippen LogP contribution in [0.4, 0.5) is 0 Å². The number of para-hydroxylation sites is 1. The average molecular weight is 291 g/mol. The minimum atomic E-state index is 0.349. The number of nitrogens with one attached hydrogen (secondary N) is 1. The molecule has 118 valence electrons. The number of benzene rings is 1. The van der Waals surface area contributed by atoms with Crippen LogP contribution in [0.25, 0.3) is 0 Å². The Morgan fingerprint density at radius 2 is 2.05 bits per heavy atom. The number of hydrogen-bond donors (Lipinski definition) is 1. The largest absolute Gasteiger partial charge is 0.496 e. The van der Waals surface area contributed by atoms with Crippen molar-refractivity contribution in [2.24, 2.45) is 0 Å². The Hall–Kier alpha value is -1.10. The fourth-order valence-electron chi connectivity index (χ4n) is 3.03. The monoisotopic (exact) mass is 291 g/mol. The molecule has 1 aromatic rings. The SMILES string of the molecule is CCC(NCC1CN(C)CCN1C)c1ccccc1OC. The number of ether oxygens (including phenoxy) is 1. The van der Waals surface area contributed by atoms with E-state index in [-0.39, 0.29) is 0 Å². The third-order valence-electron chi connectivity index (χ3n) is 4.50. The second-order valence-electron chi connectivity index (χ2n) is 6.01. The molecule has 2 rings (SSSR count). The van der Waals surface area contributed by atoms with Gasteiger partial charge >= 0.3 is 0 Å². The first-order valence-electron chi connectivity index (χ1n) is 7.90. The van der Waals surface area contributed by atoms with Crippen LogP contribution in [-0.2, 0) is 0 Å². The summed E-state index contributed by atoms with van der Waals surface area (Å²) in [4.78, 5) is 4.87. The van der Waals surface area contributed by atoms with Crippen molar-refractivity contribution in [2.75, 3.05) is 47.4 Å². The second kappa shape index (κ2) is 7.78. The van der Waals surface area contributed by atoms with Crippen molar-refractivity contribution in [3.05, 3.63) is 29.8 Å². The summed E-state index contributed by atoms with van der Waals surface area (Å²) in [6.07, 6.45) is 1.06. The first-order chi connectivity index (χ1) is 10.2. The van der Waals surface area contributed by atoms with Crippen LogP contribution in [0.3, 0.4) is 0 Å². The van der Waals surface area contributed by atoms with Gasteiger partial charge in [0.25, 0.3) is 0 Å². The highest BCUT2D eigenvalue weighted by Gasteiger charge is 2.23. The minimum absolute atomic E-state index is 0.349. The fourth-order valence-corrected chi connectivity index (χ4v) is 3.03. The fraction of sp³-hybridized carbons (Fsp3) is 0.647. The van der Waals surface area contributed by atoms with Crippen LogP contribution in [-0.4, -0.2) is 63.2 Å². The zero-order chi connectivity index (χ0) is 15.2. The van der Waals surface area contributed by atoms with Gasteiger partial charge in [-0.25, -0.2) is 0 Å². The Kier molecular flexibility index (Phi) is 6.03. The highest BCUT2D eigenvalue weighted by atomic mass is 16.5. The number of hydrogen-bond acceptors (Lipinski definition) is 4. The van der Waals surface area contributed by atoms with Crippen LogP contribution in [0.1, 0.15) is 24.9 Å². The van der Waals surface area contributed by atoms with Gasteiger partial charge in [0.1, 0.15) is 5.75 Å². The molecule has 21 heavy (non-hydrogen) atoms. The molecule has 4 heteroatoms. The molecule has 1 aliphatic heterocycles. The Bertz CT molecular complexity index is 438. The van der Waals surface area contributed by atoms with E-state index in [1.165, 1.54) is 5.56 Å². The first kappa shape index (κ1) is 16.3. The molecular weight excluding hydrogens is 262 g/mol. The molecule has 2 unspecified atom stereocenters. The normalized spacial score (nSPS) is 22.2. The topological polar surface area (TPSA) is 27.7 Å². The van der Waals surface area contributed by atoms with Gasteiger partial charge in [0, 0.05) is 43.8 Å². The van der Waals surface area contributed by atoms with Crippen LogP contribution in [0.2, 0.25) is 0 Å². The van der Waals surface area contributed by atoms with Crippen LogP contribution in [0.5, 0.6) is 5.75 Å². The van der Waals surface area contributed by atoms with Crippen molar-refractivity contribution in [1.82, 2.24) is 15.1 Å². The molecule has 0 radical (unpaired) electrons. The summed E-state index contributed by atoms with van der Waals surface area (Å²) >= 11 is 0. The number of rotatable bonds is 6. The van der Waals surface area contributed by atoms with Crippen LogP contribution < -0.4 is 10.1 Å². The maximum atomic E-state index is 5.50. The smallest absolute Gasteiger partial charge is 0.123 e. The molecule has 1 fully saturated rings. The summed E-state index contributed by atoms with van der Waals surface area (Å²) in [5, 5.41) is 3.73. The molecule has 0 aromatic heterocycles. The van der Waals surface area contributed by atoms with Crippen LogP contribution in [0.15, 0.2) is 24.3 Å². The highest BCUT2D eigenvalue weighted by Crippen LogP contribution is 2.26. The molecule has 0 spiro atoms. The Labute approximate surface area is 129 Å². The molecule has 1 aromatic carbocycles. The van der Waals surface area contributed by atoms with Gasteiger partial charge in [0.05, 0.1) is 7.11 Å². The molecule has 0 saturated carbocycles. The van der Waals surface area contributed by atoms with E-state index in [1.54, 1.807) is 7.11 Å². The summed E-state index contributed by atoms with van der Waals surface area (Å²) in [6.45, 7) is 6.68. The summed E-state index contributed by atoms with van der Waals surface area (Å²) < 4.78 is 5.50. The van der Waals surface area contributed by atoms with E-state index >= 15 is 0 Å². The van der Waals surface area contributed by atoms with E-state index < -0.39 is 0 Å². The van der Waals surface area contributed by atoms with E-state index in [1.807, 2.05) is 12.1 Å². The van der Waals surface area contributed by atoms with E-state index in [9.17, 15) is 0 Å². The predicted molar refractivity (Wildman–Crippen MR) is 87.9 cm³/mol. The summed E-state index contributed by atoms with van der Waals surface area (Å²) in [6, 6.07) is 9.24. The molecule has 1 N–H and O–H groups in total. The second-order valence-corrected chi connectivity index (χ2v) is 6.01. The molecule has 2 atom stereocenters. The lowest BCUT2D eigenvalue weighted by Gasteiger charge is -2.38. The summed E-state index contributed by atoms with van der Waals surface area (Å²) in [5.74, 6) is 0.978. The molecular formula is C17H29N3O. The maximum absolute atomic E-state index is 5.50. The van der Waals surface area contributed by atoms with E-state index in [0.717, 1.165) is 38.3 Å². The minimum Gasteiger partial charge on any atom is -0.496 e. The van der Waals surface area contributed by atoms with Crippen molar-refractivity contribution in [1.29, 1.82) is 0 Å². The van der Waals surface area contributed by atoms with Gasteiger partial charge in [0.15, 0.2) is 0 Å². The van der Waals surface area contributed by atoms with E-state index in [0.29, 0.717) is 12.1 Å². The third kappa shape index (κ3) is 4.19. The lowest BCUT2D eigenvalue weighted by atomic mass is 10.0. The van der Waals surface area contributed by atoms with Gasteiger partial charge in [0.2, 0.25) is 0 Å². The van der Waals surface area contributed by atoms with Gasteiger partial charge in [-0.1, -0.05) is 25.1 Å². The Balaban J connectivity index is 1.99. The Morgan fingerprint density at radius 1 is 1.29 bits per heavy atom. The third-order valence-corrected chi connectivity index (χ3v) is 4.50. The van der Waals surface area contributed by atoms with Gasteiger partial charge in [-0.3, -0.25) is 4.90 Å². The van der Waals surface area contributed by atoms with Gasteiger partial charge < -0.3 is 15.0 Å². The first-order valence-corrected chi connectivity index (χ1v) is 7.90. The van der Waals surface area contributed by atoms with Crippen LogP contribution >= 0.6 is 0 Å². The van der Waals surface area contributed by atoms with Gasteiger partial charge in [-0.05, 0) is 26.6 Å². The standard InChI is InChI=1S/C17H29N3O/c1-5-16(15-8-6-7-9-17(15)21-4)18-12-14-13-19(2)10-11-20(14)3/h6-9,14,16,18H,5,10-13H2,1-4H3. The van der Waals surface area contributed by atoms with Gasteiger partial charge in [-0.15, -0.1) is 0 Å². The van der Waals surface area contributed by atoms with Crippen LogP contribution in [0, 0.1) is 0 Å². The average Bonchev–Trinajstić information content (AvgIpc) is 2.51. The molecule has 0 aliphatic carbocycles. The number of nitrogens with zero attached hydrogens (tertiary/aromatic N) is 2. The number of methoxy groups -OCH3 is 1. The van der Waals surface area contributed by atoms with Crippen molar-refractivity contribution in [3.8, 4) is 5.75 Å². The zero-order valence-corrected chi connectivity index (χ0v) is 13.8. The number of likely N-dealkylation sites (N-methyl/N-ethyl adjacent to an activating group) is 2. The van der Waals surface area contributed by atoms with Crippen molar-refractivity contribution >= 4 is 0 Å². The molecule has 1 aliphatic rings. The lowest BCUT2D eigenvalue weighted by molar-refractivity contribution is 0.111. The van der Waals surface area contributed by atoms with Crippen molar-refractivity contribution in [2.45, 2.75) is 25.4 Å². The summed E-state index contributed by atoms with van der Waals surface area (Å²) in [7, 11) is 6.18. The molecule has 1 saturated heterocycles. The van der Waals surface area contributed by atoms with Crippen molar-refractivity contribution < 1.29 is 4.74 Å². The van der Waals surface area contributed by atoms with E-state index in [2.05, 4.69) is 48.3 Å². The van der Waals surface area contributed by atoms with Gasteiger partial charge in [-0.2, -0.15) is 0 Å². The molecule has 1 heterocycles. The molecule has 0 bridgehead atoms. The zero-order valence-electron chi connectivity index (χ0n) is 13.8. The highest BCUT2D eigenvalue weighted by molar-refractivity contribution is 5.35. The predicted octanol–water partition coefficient (Wildman–Crippen LogP) is 1.98.